The Labute approximate surface area is 239 Å². The Morgan fingerprint density at radius 2 is 1.32 bits per heavy atom. The van der Waals surface area contributed by atoms with Crippen LogP contribution in [0, 0.1) is 0 Å². The van der Waals surface area contributed by atoms with Gasteiger partial charge in [-0.1, -0.05) is 75.4 Å². The topological polar surface area (TPSA) is 65.1 Å². The van der Waals surface area contributed by atoms with Gasteiger partial charge in [-0.05, 0) is 60.7 Å². The molecule has 0 bridgehead atoms. The van der Waals surface area contributed by atoms with Crippen molar-refractivity contribution in [3.8, 4) is 0 Å². The Balaban J connectivity index is 1.36. The quantitative estimate of drug-likeness (QED) is 0.163. The van der Waals surface area contributed by atoms with Crippen molar-refractivity contribution < 1.29 is 4.79 Å². The molecule has 40 heavy (non-hydrogen) atoms. The van der Waals surface area contributed by atoms with Crippen molar-refractivity contribution in [2.45, 2.75) is 72.6 Å². The zero-order valence-electron chi connectivity index (χ0n) is 24.3. The molecular weight excluding hydrogens is 494 g/mol. The molecule has 4 rings (SSSR count). The van der Waals surface area contributed by atoms with Gasteiger partial charge in [-0.2, -0.15) is 0 Å². The molecule has 0 aliphatic carbocycles. The highest BCUT2D eigenvalue weighted by Gasteiger charge is 2.13. The van der Waals surface area contributed by atoms with E-state index in [1.807, 2.05) is 24.5 Å². The SMILES string of the molecule is CCCN(CCC)Cc1ccc(CC(=O)c2ccc(CN(Cc3ccc(CC)cn3)Cc3ncc[nH]3)cc2)cc1. The summed E-state index contributed by atoms with van der Waals surface area (Å²) >= 11 is 0. The average molecular weight is 538 g/mol. The van der Waals surface area contributed by atoms with Crippen LogP contribution in [0.4, 0.5) is 0 Å². The largest absolute Gasteiger partial charge is 0.348 e. The number of nitrogens with one attached hydrogen (secondary N) is 1. The second kappa shape index (κ2) is 15.2. The minimum absolute atomic E-state index is 0.144. The van der Waals surface area contributed by atoms with E-state index < -0.39 is 0 Å². The number of aromatic nitrogens is 3. The summed E-state index contributed by atoms with van der Waals surface area (Å²) < 4.78 is 0. The molecule has 2 aromatic heterocycles. The minimum atomic E-state index is 0.144. The van der Waals surface area contributed by atoms with Crippen LogP contribution >= 0.6 is 0 Å². The number of ketones is 1. The number of nitrogens with zero attached hydrogens (tertiary/aromatic N) is 4. The number of imidazole rings is 1. The van der Waals surface area contributed by atoms with E-state index >= 15 is 0 Å². The fourth-order valence-corrected chi connectivity index (χ4v) is 5.02. The standard InChI is InChI=1S/C34H43N5O/c1-4-19-38(20-5-2)23-29-9-7-28(8-10-29)21-33(40)31-14-11-30(12-15-31)24-39(26-34-35-17-18-36-34)25-32-16-13-27(6-3)22-37-32/h7-18,22H,4-6,19-21,23-26H2,1-3H3,(H,35,36). The van der Waals surface area contributed by atoms with E-state index in [0.717, 1.165) is 80.2 Å². The van der Waals surface area contributed by atoms with Crippen LogP contribution in [0.3, 0.4) is 0 Å². The zero-order chi connectivity index (χ0) is 28.2. The van der Waals surface area contributed by atoms with E-state index in [-0.39, 0.29) is 5.78 Å². The predicted molar refractivity (Wildman–Crippen MR) is 162 cm³/mol. The van der Waals surface area contributed by atoms with Crippen LogP contribution in [0.1, 0.15) is 77.7 Å². The number of carbonyl (C=O) groups excluding carboxylic acids is 1. The van der Waals surface area contributed by atoms with Crippen molar-refractivity contribution in [3.05, 3.63) is 119 Å². The fourth-order valence-electron chi connectivity index (χ4n) is 5.02. The maximum absolute atomic E-state index is 13.0. The molecule has 0 radical (unpaired) electrons. The van der Waals surface area contributed by atoms with Crippen molar-refractivity contribution in [2.75, 3.05) is 13.1 Å². The first-order valence-electron chi connectivity index (χ1n) is 14.6. The molecule has 2 aromatic carbocycles. The first-order valence-corrected chi connectivity index (χ1v) is 14.6. The van der Waals surface area contributed by atoms with E-state index in [4.69, 9.17) is 0 Å². The van der Waals surface area contributed by atoms with E-state index in [2.05, 4.69) is 94.1 Å². The van der Waals surface area contributed by atoms with Gasteiger partial charge >= 0.3 is 0 Å². The molecule has 0 unspecified atom stereocenters. The molecule has 0 atom stereocenters. The zero-order valence-corrected chi connectivity index (χ0v) is 24.3. The van der Waals surface area contributed by atoms with Gasteiger partial charge in [-0.25, -0.2) is 4.98 Å². The molecule has 2 heterocycles. The molecule has 6 heteroatoms. The lowest BCUT2D eigenvalue weighted by molar-refractivity contribution is 0.0993. The van der Waals surface area contributed by atoms with Crippen LogP contribution in [0.25, 0.3) is 0 Å². The molecule has 0 amide bonds. The lowest BCUT2D eigenvalue weighted by atomic mass is 10.0. The first-order chi connectivity index (χ1) is 19.6. The number of Topliss-reactive ketones (excluding diaryl/α,β-unsaturated/α-hetero) is 1. The Kier molecular flexibility index (Phi) is 11.2. The van der Waals surface area contributed by atoms with E-state index in [1.54, 1.807) is 6.20 Å². The lowest BCUT2D eigenvalue weighted by Crippen LogP contribution is -2.24. The van der Waals surface area contributed by atoms with Gasteiger partial charge in [0.25, 0.3) is 0 Å². The van der Waals surface area contributed by atoms with Gasteiger partial charge in [-0.3, -0.25) is 19.6 Å². The Bertz CT molecular complexity index is 1280. The van der Waals surface area contributed by atoms with Crippen LogP contribution in [-0.2, 0) is 39.0 Å². The van der Waals surface area contributed by atoms with Gasteiger partial charge in [0.05, 0.1) is 12.2 Å². The van der Waals surface area contributed by atoms with Crippen LogP contribution in [0.5, 0.6) is 0 Å². The maximum Gasteiger partial charge on any atom is 0.167 e. The van der Waals surface area contributed by atoms with Gasteiger partial charge in [-0.15, -0.1) is 0 Å². The summed E-state index contributed by atoms with van der Waals surface area (Å²) in [6, 6.07) is 20.8. The fraction of sp³-hybridized carbons (Fsp3) is 0.382. The van der Waals surface area contributed by atoms with Crippen molar-refractivity contribution in [1.29, 1.82) is 0 Å². The molecule has 210 valence electrons. The highest BCUT2D eigenvalue weighted by molar-refractivity contribution is 5.97. The molecule has 6 nitrogen and oxygen atoms in total. The summed E-state index contributed by atoms with van der Waals surface area (Å²) in [4.78, 5) is 30.1. The van der Waals surface area contributed by atoms with E-state index in [1.165, 1.54) is 11.1 Å². The molecule has 0 aliphatic rings. The number of aryl methyl sites for hydroxylation is 1. The summed E-state index contributed by atoms with van der Waals surface area (Å²) in [6.07, 6.45) is 9.32. The predicted octanol–water partition coefficient (Wildman–Crippen LogP) is 6.62. The second-order valence-electron chi connectivity index (χ2n) is 10.6. The Hall–Kier alpha value is -3.61. The first kappa shape index (κ1) is 29.4. The van der Waals surface area contributed by atoms with E-state index in [9.17, 15) is 4.79 Å². The van der Waals surface area contributed by atoms with Gasteiger partial charge in [0.1, 0.15) is 5.82 Å². The molecule has 0 saturated heterocycles. The average Bonchev–Trinajstić information content (AvgIpc) is 3.48. The van der Waals surface area contributed by atoms with Crippen molar-refractivity contribution in [3.63, 3.8) is 0 Å². The highest BCUT2D eigenvalue weighted by Crippen LogP contribution is 2.16. The minimum Gasteiger partial charge on any atom is -0.348 e. The van der Waals surface area contributed by atoms with Gasteiger partial charge in [0, 0.05) is 50.2 Å². The van der Waals surface area contributed by atoms with Gasteiger partial charge < -0.3 is 4.98 Å². The van der Waals surface area contributed by atoms with Crippen molar-refractivity contribution in [1.82, 2.24) is 24.8 Å². The molecule has 0 aliphatic heterocycles. The van der Waals surface area contributed by atoms with Crippen molar-refractivity contribution in [2.24, 2.45) is 0 Å². The third-order valence-electron chi connectivity index (χ3n) is 7.16. The monoisotopic (exact) mass is 537 g/mol. The smallest absolute Gasteiger partial charge is 0.167 e. The Morgan fingerprint density at radius 3 is 1.90 bits per heavy atom. The van der Waals surface area contributed by atoms with Crippen LogP contribution in [0.2, 0.25) is 0 Å². The highest BCUT2D eigenvalue weighted by atomic mass is 16.1. The van der Waals surface area contributed by atoms with Crippen LogP contribution in [0.15, 0.2) is 79.3 Å². The molecule has 0 spiro atoms. The number of aromatic amines is 1. The number of hydrogen-bond acceptors (Lipinski definition) is 5. The summed E-state index contributed by atoms with van der Waals surface area (Å²) in [5.74, 6) is 1.07. The lowest BCUT2D eigenvalue weighted by Gasteiger charge is -2.21. The summed E-state index contributed by atoms with van der Waals surface area (Å²) in [6.45, 7) is 11.9. The molecule has 4 aromatic rings. The number of benzene rings is 2. The van der Waals surface area contributed by atoms with E-state index in [0.29, 0.717) is 13.0 Å². The third-order valence-corrected chi connectivity index (χ3v) is 7.16. The molecular formula is C34H43N5O. The maximum atomic E-state index is 13.0. The normalized spacial score (nSPS) is 11.4. The summed E-state index contributed by atoms with van der Waals surface area (Å²) in [7, 11) is 0. The second-order valence-corrected chi connectivity index (χ2v) is 10.6. The van der Waals surface area contributed by atoms with Gasteiger partial charge in [0.2, 0.25) is 0 Å². The van der Waals surface area contributed by atoms with Gasteiger partial charge in [0.15, 0.2) is 5.78 Å². The summed E-state index contributed by atoms with van der Waals surface area (Å²) in [5.41, 5.74) is 6.54. The summed E-state index contributed by atoms with van der Waals surface area (Å²) in [5, 5.41) is 0. The molecule has 0 saturated carbocycles. The number of rotatable bonds is 16. The molecule has 0 fully saturated rings. The van der Waals surface area contributed by atoms with Crippen molar-refractivity contribution >= 4 is 5.78 Å². The van der Waals surface area contributed by atoms with Crippen LogP contribution in [-0.4, -0.2) is 43.6 Å². The van der Waals surface area contributed by atoms with Crippen LogP contribution < -0.4 is 0 Å². The number of hydrogen-bond donors (Lipinski definition) is 1. The molecule has 1 N–H and O–H groups in total. The Morgan fingerprint density at radius 1 is 0.700 bits per heavy atom. The number of carbonyl (C=O) groups is 1. The third kappa shape index (κ3) is 8.97. The number of pyridine rings is 1. The number of H-pyrrole nitrogens is 1.